The summed E-state index contributed by atoms with van der Waals surface area (Å²) in [5.74, 6) is 1.00. The van der Waals surface area contributed by atoms with Crippen molar-refractivity contribution in [3.05, 3.63) is 46.8 Å². The third-order valence-electron chi connectivity index (χ3n) is 6.47. The number of hydrogen-bond acceptors (Lipinski definition) is 3. The van der Waals surface area contributed by atoms with Gasteiger partial charge in [-0.1, -0.05) is 11.6 Å². The molecule has 0 bridgehead atoms. The molecule has 2 unspecified atom stereocenters. The summed E-state index contributed by atoms with van der Waals surface area (Å²) >= 11 is 5.83. The second-order valence-electron chi connectivity index (χ2n) is 8.45. The predicted molar refractivity (Wildman–Crippen MR) is 108 cm³/mol. The quantitative estimate of drug-likeness (QED) is 0.826. The van der Waals surface area contributed by atoms with E-state index in [-0.39, 0.29) is 10.9 Å². The first-order valence-electron chi connectivity index (χ1n) is 9.77. The van der Waals surface area contributed by atoms with Crippen LogP contribution in [0.1, 0.15) is 47.8 Å². The first-order chi connectivity index (χ1) is 13.3. The smallest absolute Gasteiger partial charge is 0.274 e. The first-order valence-corrected chi connectivity index (χ1v) is 10.1. The van der Waals surface area contributed by atoms with Crippen molar-refractivity contribution in [1.29, 1.82) is 0 Å². The fourth-order valence-electron chi connectivity index (χ4n) is 5.02. The average Bonchev–Trinajstić information content (AvgIpc) is 3.30. The number of nitrogens with zero attached hydrogens (tertiary/aromatic N) is 3. The van der Waals surface area contributed by atoms with E-state index in [1.165, 1.54) is 31.0 Å². The Kier molecular flexibility index (Phi) is 5.19. The number of carbonyl (C=O) groups excluding carboxylic acids is 1. The minimum atomic E-state index is -0.505. The number of imidazole rings is 1. The molecular weight excluding hydrogens is 379 g/mol. The van der Waals surface area contributed by atoms with Crippen LogP contribution in [0.15, 0.2) is 24.5 Å². The van der Waals surface area contributed by atoms with Gasteiger partial charge >= 0.3 is 0 Å². The summed E-state index contributed by atoms with van der Waals surface area (Å²) < 4.78 is 15.1. The van der Waals surface area contributed by atoms with E-state index in [4.69, 9.17) is 11.6 Å². The van der Waals surface area contributed by atoms with Gasteiger partial charge in [-0.25, -0.2) is 9.37 Å². The van der Waals surface area contributed by atoms with Crippen LogP contribution in [-0.4, -0.2) is 40.5 Å². The zero-order valence-electron chi connectivity index (χ0n) is 16.5. The molecule has 150 valence electrons. The van der Waals surface area contributed by atoms with E-state index in [2.05, 4.69) is 29.3 Å². The van der Waals surface area contributed by atoms with Crippen molar-refractivity contribution in [2.45, 2.75) is 37.6 Å². The maximum Gasteiger partial charge on any atom is 0.274 e. The van der Waals surface area contributed by atoms with Crippen LogP contribution in [0.4, 0.5) is 10.1 Å². The molecule has 28 heavy (non-hydrogen) atoms. The van der Waals surface area contributed by atoms with Crippen molar-refractivity contribution in [2.24, 2.45) is 18.9 Å². The van der Waals surface area contributed by atoms with Crippen molar-refractivity contribution in [3.63, 3.8) is 0 Å². The number of fused-ring (bicyclic) bond motifs is 1. The number of rotatable bonds is 4. The highest BCUT2D eigenvalue weighted by Gasteiger charge is 2.44. The Hall–Kier alpha value is -1.92. The number of carbonyl (C=O) groups is 1. The molecule has 0 radical (unpaired) electrons. The Labute approximate surface area is 169 Å². The molecular formula is C21H26ClFN4O. The summed E-state index contributed by atoms with van der Waals surface area (Å²) in [6.07, 6.45) is 6.36. The molecule has 0 spiro atoms. The van der Waals surface area contributed by atoms with Gasteiger partial charge in [0.05, 0.1) is 17.0 Å². The molecule has 2 fully saturated rings. The lowest BCUT2D eigenvalue weighted by molar-refractivity contribution is 0.101. The molecule has 1 N–H and O–H groups in total. The molecule has 5 nitrogen and oxygen atoms in total. The lowest BCUT2D eigenvalue weighted by Gasteiger charge is -2.21. The Bertz CT molecular complexity index is 883. The number of halogens is 2. The van der Waals surface area contributed by atoms with Crippen LogP contribution in [0.25, 0.3) is 0 Å². The van der Waals surface area contributed by atoms with Crippen LogP contribution < -0.4 is 5.32 Å². The number of hydrogen-bond donors (Lipinski definition) is 1. The standard InChI is InChI=1S/C21H26ClFN4O/c1-26(2)16-8-12-6-14(7-13(12)9-16)19-20(27(3)11-24-19)21(28)25-15-4-5-18(23)17(22)10-15/h4-5,10-14,16H,6-9H2,1-3H3,(H,25,28). The van der Waals surface area contributed by atoms with Crippen LogP contribution in [0.5, 0.6) is 0 Å². The third-order valence-corrected chi connectivity index (χ3v) is 6.76. The van der Waals surface area contributed by atoms with Crippen molar-refractivity contribution in [3.8, 4) is 0 Å². The lowest BCUT2D eigenvalue weighted by Crippen LogP contribution is -2.25. The summed E-state index contributed by atoms with van der Waals surface area (Å²) in [7, 11) is 6.15. The minimum absolute atomic E-state index is 0.0119. The van der Waals surface area contributed by atoms with Crippen LogP contribution in [0.2, 0.25) is 5.02 Å². The molecule has 0 aliphatic heterocycles. The highest BCUT2D eigenvalue weighted by Crippen LogP contribution is 2.51. The largest absolute Gasteiger partial charge is 0.329 e. The number of nitrogens with one attached hydrogen (secondary N) is 1. The van der Waals surface area contributed by atoms with Gasteiger partial charge in [-0.15, -0.1) is 0 Å². The van der Waals surface area contributed by atoms with E-state index in [1.807, 2.05) is 7.05 Å². The molecule has 4 rings (SSSR count). The van der Waals surface area contributed by atoms with E-state index in [9.17, 15) is 9.18 Å². The van der Waals surface area contributed by atoms with Gasteiger partial charge in [0.25, 0.3) is 5.91 Å². The van der Waals surface area contributed by atoms with Gasteiger partial charge in [0.1, 0.15) is 11.5 Å². The Morgan fingerprint density at radius 2 is 1.93 bits per heavy atom. The van der Waals surface area contributed by atoms with E-state index < -0.39 is 5.82 Å². The normalized spacial score (nSPS) is 26.6. The lowest BCUT2D eigenvalue weighted by atomic mass is 9.96. The SMILES string of the molecule is CN(C)C1CC2CC(c3ncn(C)c3C(=O)Nc3ccc(F)c(Cl)c3)CC2C1. The maximum absolute atomic E-state index is 13.4. The van der Waals surface area contributed by atoms with Crippen molar-refractivity contribution in [1.82, 2.24) is 14.5 Å². The van der Waals surface area contributed by atoms with E-state index in [0.717, 1.165) is 18.5 Å². The number of anilines is 1. The summed E-state index contributed by atoms with van der Waals surface area (Å²) in [6.45, 7) is 0. The Balaban J connectivity index is 1.51. The van der Waals surface area contributed by atoms with Crippen molar-refractivity contribution in [2.75, 3.05) is 19.4 Å². The topological polar surface area (TPSA) is 50.2 Å². The van der Waals surface area contributed by atoms with Crippen LogP contribution in [0, 0.1) is 17.7 Å². The highest BCUT2D eigenvalue weighted by atomic mass is 35.5. The molecule has 2 aromatic rings. The van der Waals surface area contributed by atoms with Gasteiger partial charge in [0.2, 0.25) is 0 Å². The van der Waals surface area contributed by atoms with Crippen molar-refractivity contribution < 1.29 is 9.18 Å². The molecule has 7 heteroatoms. The Morgan fingerprint density at radius 1 is 1.25 bits per heavy atom. The Morgan fingerprint density at radius 3 is 2.54 bits per heavy atom. The number of benzene rings is 1. The molecule has 2 saturated carbocycles. The van der Waals surface area contributed by atoms with Gasteiger partial charge < -0.3 is 14.8 Å². The molecule has 1 heterocycles. The second kappa shape index (κ2) is 7.48. The van der Waals surface area contributed by atoms with Crippen LogP contribution in [0.3, 0.4) is 0 Å². The highest BCUT2D eigenvalue weighted by molar-refractivity contribution is 6.31. The average molecular weight is 405 g/mol. The second-order valence-corrected chi connectivity index (χ2v) is 8.86. The molecule has 0 saturated heterocycles. The summed E-state index contributed by atoms with van der Waals surface area (Å²) in [5, 5.41) is 2.82. The minimum Gasteiger partial charge on any atom is -0.329 e. The van der Waals surface area contributed by atoms with E-state index >= 15 is 0 Å². The van der Waals surface area contributed by atoms with Gasteiger partial charge in [-0.2, -0.15) is 0 Å². The fraction of sp³-hybridized carbons (Fsp3) is 0.524. The van der Waals surface area contributed by atoms with Crippen molar-refractivity contribution >= 4 is 23.2 Å². The maximum atomic E-state index is 13.4. The molecule has 2 aliphatic rings. The van der Waals surface area contributed by atoms with E-state index in [1.54, 1.807) is 10.9 Å². The summed E-state index contributed by atoms with van der Waals surface area (Å²) in [4.78, 5) is 19.9. The third kappa shape index (κ3) is 3.55. The zero-order chi connectivity index (χ0) is 20.0. The van der Waals surface area contributed by atoms with E-state index in [0.29, 0.717) is 35.2 Å². The predicted octanol–water partition coefficient (Wildman–Crippen LogP) is 4.30. The molecule has 1 amide bonds. The zero-order valence-corrected chi connectivity index (χ0v) is 17.2. The van der Waals surface area contributed by atoms with Gasteiger partial charge in [0, 0.05) is 24.7 Å². The number of aryl methyl sites for hydroxylation is 1. The summed E-state index contributed by atoms with van der Waals surface area (Å²) in [5.41, 5.74) is 1.93. The molecule has 1 aromatic heterocycles. The van der Waals surface area contributed by atoms with Gasteiger partial charge in [-0.05, 0) is 69.8 Å². The molecule has 1 aromatic carbocycles. The van der Waals surface area contributed by atoms with Gasteiger partial charge in [-0.3, -0.25) is 4.79 Å². The van der Waals surface area contributed by atoms with Crippen LogP contribution >= 0.6 is 11.6 Å². The van der Waals surface area contributed by atoms with Gasteiger partial charge in [0.15, 0.2) is 0 Å². The number of amides is 1. The summed E-state index contributed by atoms with van der Waals surface area (Å²) in [6, 6.07) is 4.86. The first kappa shape index (κ1) is 19.4. The monoisotopic (exact) mass is 404 g/mol. The molecule has 2 aliphatic carbocycles. The van der Waals surface area contributed by atoms with Crippen LogP contribution in [-0.2, 0) is 7.05 Å². The molecule has 2 atom stereocenters. The fourth-order valence-corrected chi connectivity index (χ4v) is 5.20. The number of aromatic nitrogens is 2.